The van der Waals surface area contributed by atoms with Gasteiger partial charge in [-0.25, -0.2) is 0 Å². The van der Waals surface area contributed by atoms with Crippen LogP contribution in [0.2, 0.25) is 0 Å². The molecule has 0 atom stereocenters. The van der Waals surface area contributed by atoms with Crippen LogP contribution in [0.4, 0.5) is 17.1 Å². The standard InChI is InChI=1S/C12H15N3/c1-9-3-4-12(11(13)7-9)15(2)10-5-6-14-8-10/h3-8,14H,13H2,1-2H3. The van der Waals surface area contributed by atoms with Gasteiger partial charge in [0.2, 0.25) is 0 Å². The average molecular weight is 201 g/mol. The zero-order chi connectivity index (χ0) is 10.8. The van der Waals surface area contributed by atoms with E-state index in [9.17, 15) is 0 Å². The van der Waals surface area contributed by atoms with Gasteiger partial charge in [0.1, 0.15) is 0 Å². The van der Waals surface area contributed by atoms with Gasteiger partial charge in [-0.05, 0) is 30.7 Å². The molecule has 2 rings (SSSR count). The third-order valence-electron chi connectivity index (χ3n) is 2.51. The van der Waals surface area contributed by atoms with Gasteiger partial charge in [0.05, 0.1) is 17.1 Å². The number of aromatic nitrogens is 1. The maximum Gasteiger partial charge on any atom is 0.0642 e. The molecule has 2 aromatic rings. The highest BCUT2D eigenvalue weighted by molar-refractivity contribution is 5.74. The fraction of sp³-hybridized carbons (Fsp3) is 0.167. The summed E-state index contributed by atoms with van der Waals surface area (Å²) in [7, 11) is 2.00. The van der Waals surface area contributed by atoms with E-state index in [4.69, 9.17) is 5.73 Å². The molecule has 0 aliphatic carbocycles. The van der Waals surface area contributed by atoms with Crippen molar-refractivity contribution in [1.82, 2.24) is 4.98 Å². The number of hydrogen-bond donors (Lipinski definition) is 2. The molecule has 78 valence electrons. The quantitative estimate of drug-likeness (QED) is 0.734. The molecule has 3 heteroatoms. The van der Waals surface area contributed by atoms with Crippen molar-refractivity contribution in [3.05, 3.63) is 42.2 Å². The Morgan fingerprint density at radius 3 is 2.67 bits per heavy atom. The van der Waals surface area contributed by atoms with Gasteiger partial charge in [-0.1, -0.05) is 6.07 Å². The fourth-order valence-corrected chi connectivity index (χ4v) is 1.64. The van der Waals surface area contributed by atoms with Gasteiger partial charge in [0.15, 0.2) is 0 Å². The molecule has 15 heavy (non-hydrogen) atoms. The van der Waals surface area contributed by atoms with E-state index in [1.807, 2.05) is 44.6 Å². The molecule has 0 saturated heterocycles. The van der Waals surface area contributed by atoms with Crippen molar-refractivity contribution in [2.45, 2.75) is 6.92 Å². The molecule has 1 heterocycles. The van der Waals surface area contributed by atoms with E-state index >= 15 is 0 Å². The Balaban J connectivity index is 2.38. The third kappa shape index (κ3) is 1.81. The molecule has 3 N–H and O–H groups in total. The van der Waals surface area contributed by atoms with E-state index in [-0.39, 0.29) is 0 Å². The molecule has 1 aromatic heterocycles. The fourth-order valence-electron chi connectivity index (χ4n) is 1.64. The number of aromatic amines is 1. The summed E-state index contributed by atoms with van der Waals surface area (Å²) in [4.78, 5) is 5.09. The molecule has 0 saturated carbocycles. The van der Waals surface area contributed by atoms with E-state index in [0.29, 0.717) is 0 Å². The molecular weight excluding hydrogens is 186 g/mol. The number of nitrogens with zero attached hydrogens (tertiary/aromatic N) is 1. The summed E-state index contributed by atoms with van der Waals surface area (Å²) in [6.45, 7) is 2.04. The summed E-state index contributed by atoms with van der Waals surface area (Å²) in [5, 5.41) is 0. The number of nitrogen functional groups attached to an aromatic ring is 1. The molecule has 0 spiro atoms. The SMILES string of the molecule is Cc1ccc(N(C)c2cc[nH]c2)c(N)c1. The summed E-state index contributed by atoms with van der Waals surface area (Å²) in [5.41, 5.74) is 10.1. The highest BCUT2D eigenvalue weighted by atomic mass is 15.1. The number of hydrogen-bond acceptors (Lipinski definition) is 2. The van der Waals surface area contributed by atoms with Crippen LogP contribution in [-0.2, 0) is 0 Å². The Bertz CT molecular complexity index is 446. The molecule has 0 unspecified atom stereocenters. The summed E-state index contributed by atoms with van der Waals surface area (Å²) >= 11 is 0. The van der Waals surface area contributed by atoms with Crippen molar-refractivity contribution in [1.29, 1.82) is 0 Å². The first kappa shape index (κ1) is 9.65. The van der Waals surface area contributed by atoms with Crippen LogP contribution in [0, 0.1) is 6.92 Å². The van der Waals surface area contributed by atoms with Crippen LogP contribution in [0.3, 0.4) is 0 Å². The predicted molar refractivity (Wildman–Crippen MR) is 64.4 cm³/mol. The lowest BCUT2D eigenvalue weighted by atomic mass is 10.2. The minimum absolute atomic E-state index is 0.804. The molecule has 3 nitrogen and oxygen atoms in total. The van der Waals surface area contributed by atoms with Gasteiger partial charge in [-0.15, -0.1) is 0 Å². The number of nitrogens with two attached hydrogens (primary N) is 1. The van der Waals surface area contributed by atoms with Gasteiger partial charge < -0.3 is 15.6 Å². The monoisotopic (exact) mass is 201 g/mol. The van der Waals surface area contributed by atoms with Gasteiger partial charge in [-0.2, -0.15) is 0 Å². The molecule has 0 aliphatic heterocycles. The van der Waals surface area contributed by atoms with Crippen molar-refractivity contribution in [3.63, 3.8) is 0 Å². The molecule has 0 radical (unpaired) electrons. The Hall–Kier alpha value is -1.90. The highest BCUT2D eigenvalue weighted by Crippen LogP contribution is 2.28. The van der Waals surface area contributed by atoms with Crippen LogP contribution in [0.5, 0.6) is 0 Å². The number of benzene rings is 1. The summed E-state index contributed by atoms with van der Waals surface area (Å²) in [6, 6.07) is 8.10. The van der Waals surface area contributed by atoms with Crippen LogP contribution in [0.15, 0.2) is 36.7 Å². The Morgan fingerprint density at radius 1 is 1.27 bits per heavy atom. The summed E-state index contributed by atoms with van der Waals surface area (Å²) < 4.78 is 0. The smallest absolute Gasteiger partial charge is 0.0642 e. The Kier molecular flexibility index (Phi) is 2.37. The number of aryl methyl sites for hydroxylation is 1. The lowest BCUT2D eigenvalue weighted by Gasteiger charge is -2.19. The largest absolute Gasteiger partial charge is 0.397 e. The summed E-state index contributed by atoms with van der Waals surface area (Å²) in [6.07, 6.45) is 3.84. The molecule has 0 bridgehead atoms. The second-order valence-electron chi connectivity index (χ2n) is 3.69. The number of rotatable bonds is 2. The number of H-pyrrole nitrogens is 1. The lowest BCUT2D eigenvalue weighted by Crippen LogP contribution is -2.10. The van der Waals surface area contributed by atoms with E-state index in [0.717, 1.165) is 17.1 Å². The van der Waals surface area contributed by atoms with E-state index in [1.54, 1.807) is 0 Å². The molecule has 1 aromatic carbocycles. The molecule has 0 amide bonds. The first-order valence-electron chi connectivity index (χ1n) is 4.91. The first-order chi connectivity index (χ1) is 7.18. The summed E-state index contributed by atoms with van der Waals surface area (Å²) in [5.74, 6) is 0. The van der Waals surface area contributed by atoms with Crippen molar-refractivity contribution < 1.29 is 0 Å². The van der Waals surface area contributed by atoms with E-state index in [1.165, 1.54) is 5.56 Å². The van der Waals surface area contributed by atoms with Crippen LogP contribution in [0.1, 0.15) is 5.56 Å². The number of anilines is 3. The van der Waals surface area contributed by atoms with Gasteiger partial charge in [0, 0.05) is 19.4 Å². The van der Waals surface area contributed by atoms with Gasteiger partial charge in [0.25, 0.3) is 0 Å². The Morgan fingerprint density at radius 2 is 2.07 bits per heavy atom. The van der Waals surface area contributed by atoms with Gasteiger partial charge >= 0.3 is 0 Å². The predicted octanol–water partition coefficient (Wildman–Crippen LogP) is 2.67. The molecular formula is C12H15N3. The Labute approximate surface area is 89.5 Å². The molecule has 0 aliphatic rings. The maximum absolute atomic E-state index is 5.98. The van der Waals surface area contributed by atoms with E-state index in [2.05, 4.69) is 16.0 Å². The normalized spacial score (nSPS) is 10.3. The van der Waals surface area contributed by atoms with Crippen molar-refractivity contribution in [2.24, 2.45) is 0 Å². The second-order valence-corrected chi connectivity index (χ2v) is 3.69. The maximum atomic E-state index is 5.98. The number of nitrogens with one attached hydrogen (secondary N) is 1. The van der Waals surface area contributed by atoms with Crippen LogP contribution >= 0.6 is 0 Å². The highest BCUT2D eigenvalue weighted by Gasteiger charge is 2.07. The first-order valence-corrected chi connectivity index (χ1v) is 4.91. The minimum atomic E-state index is 0.804. The molecule has 0 fully saturated rings. The van der Waals surface area contributed by atoms with Crippen molar-refractivity contribution >= 4 is 17.1 Å². The zero-order valence-electron chi connectivity index (χ0n) is 8.99. The topological polar surface area (TPSA) is 45.0 Å². The average Bonchev–Trinajstić information content (AvgIpc) is 2.69. The lowest BCUT2D eigenvalue weighted by molar-refractivity contribution is 1.21. The van der Waals surface area contributed by atoms with Gasteiger partial charge in [-0.3, -0.25) is 0 Å². The minimum Gasteiger partial charge on any atom is -0.397 e. The van der Waals surface area contributed by atoms with Crippen molar-refractivity contribution in [3.8, 4) is 0 Å². The van der Waals surface area contributed by atoms with Crippen LogP contribution in [-0.4, -0.2) is 12.0 Å². The van der Waals surface area contributed by atoms with E-state index < -0.39 is 0 Å². The van der Waals surface area contributed by atoms with Crippen LogP contribution < -0.4 is 10.6 Å². The zero-order valence-corrected chi connectivity index (χ0v) is 8.99. The van der Waals surface area contributed by atoms with Crippen LogP contribution in [0.25, 0.3) is 0 Å². The third-order valence-corrected chi connectivity index (χ3v) is 2.51. The second kappa shape index (κ2) is 3.69. The van der Waals surface area contributed by atoms with Crippen molar-refractivity contribution in [2.75, 3.05) is 17.7 Å².